The first-order valence-electron chi connectivity index (χ1n) is 7.25. The van der Waals surface area contributed by atoms with Crippen molar-refractivity contribution in [3.8, 4) is 0 Å². The maximum absolute atomic E-state index is 12.1. The zero-order chi connectivity index (χ0) is 16.4. The van der Waals surface area contributed by atoms with E-state index in [9.17, 15) is 9.59 Å². The summed E-state index contributed by atoms with van der Waals surface area (Å²) in [5.74, 6) is -0.123. The maximum Gasteiger partial charge on any atom is 0.319 e. The number of nitrogens with zero attached hydrogens (tertiary/aromatic N) is 1. The summed E-state index contributed by atoms with van der Waals surface area (Å²) in [5, 5.41) is 5.83. The first-order valence-corrected chi connectivity index (χ1v) is 7.63. The highest BCUT2D eigenvalue weighted by molar-refractivity contribution is 6.34. The average Bonchev–Trinajstić information content (AvgIpc) is 2.56. The summed E-state index contributed by atoms with van der Waals surface area (Å²) in [6, 6.07) is 13.8. The zero-order valence-electron chi connectivity index (χ0n) is 12.5. The molecule has 1 fully saturated rings. The topological polar surface area (TPSA) is 61.4 Å². The molecule has 5 nitrogen and oxygen atoms in total. The molecule has 0 radical (unpaired) electrons. The summed E-state index contributed by atoms with van der Waals surface area (Å²) < 4.78 is 0. The number of amides is 3. The summed E-state index contributed by atoms with van der Waals surface area (Å²) >= 11 is 6.14. The van der Waals surface area contributed by atoms with Crippen LogP contribution in [0.15, 0.2) is 48.5 Å². The molecule has 1 unspecified atom stereocenters. The molecule has 1 atom stereocenters. The van der Waals surface area contributed by atoms with Crippen LogP contribution in [0.5, 0.6) is 0 Å². The highest BCUT2D eigenvalue weighted by Crippen LogP contribution is 2.25. The Morgan fingerprint density at radius 1 is 1.17 bits per heavy atom. The summed E-state index contributed by atoms with van der Waals surface area (Å²) in [5.41, 5.74) is 2.23. The van der Waals surface area contributed by atoms with Crippen LogP contribution < -0.4 is 15.5 Å². The number of nitrogens with one attached hydrogen (secondary N) is 2. The molecule has 1 aliphatic heterocycles. The minimum absolute atomic E-state index is 0.123. The molecule has 1 aliphatic rings. The van der Waals surface area contributed by atoms with Gasteiger partial charge in [0.2, 0.25) is 0 Å². The fraction of sp³-hybridized carbons (Fsp3) is 0.176. The smallest absolute Gasteiger partial charge is 0.319 e. The summed E-state index contributed by atoms with van der Waals surface area (Å²) in [6.07, 6.45) is 0. The first-order chi connectivity index (χ1) is 11.1. The molecule has 0 bridgehead atoms. The third kappa shape index (κ3) is 3.14. The number of rotatable bonds is 3. The molecular weight excluding hydrogens is 314 g/mol. The minimum Gasteiger partial charge on any atom is -0.324 e. The molecule has 2 aromatic rings. The number of benzene rings is 2. The molecule has 2 aromatic carbocycles. The molecule has 0 saturated carbocycles. The van der Waals surface area contributed by atoms with Crippen LogP contribution >= 0.6 is 11.6 Å². The lowest BCUT2D eigenvalue weighted by atomic mass is 10.1. The number of halogens is 1. The average molecular weight is 330 g/mol. The molecule has 23 heavy (non-hydrogen) atoms. The van der Waals surface area contributed by atoms with Crippen LogP contribution in [0.4, 0.5) is 16.2 Å². The van der Waals surface area contributed by atoms with Gasteiger partial charge in [-0.2, -0.15) is 0 Å². The number of anilines is 2. The Kier molecular flexibility index (Phi) is 4.21. The zero-order valence-corrected chi connectivity index (χ0v) is 13.3. The van der Waals surface area contributed by atoms with Crippen molar-refractivity contribution in [2.24, 2.45) is 0 Å². The van der Waals surface area contributed by atoms with E-state index >= 15 is 0 Å². The van der Waals surface area contributed by atoms with Gasteiger partial charge in [-0.25, -0.2) is 4.79 Å². The summed E-state index contributed by atoms with van der Waals surface area (Å²) in [7, 11) is 0. The standard InChI is InChI=1S/C17H16ClN3O2/c1-11-6-5-9-13(15(11)18)19-17(23)20-14-10-21(16(14)22)12-7-3-2-4-8-12/h2-9,14H,10H2,1H3,(H2,19,20,23). The molecule has 0 aromatic heterocycles. The Bertz CT molecular complexity index is 749. The van der Waals surface area contributed by atoms with Crippen molar-refractivity contribution >= 4 is 34.9 Å². The molecule has 0 aliphatic carbocycles. The van der Waals surface area contributed by atoms with E-state index in [0.717, 1.165) is 11.3 Å². The Balaban J connectivity index is 1.58. The van der Waals surface area contributed by atoms with E-state index in [1.165, 1.54) is 0 Å². The van der Waals surface area contributed by atoms with Crippen molar-refractivity contribution in [2.45, 2.75) is 13.0 Å². The van der Waals surface area contributed by atoms with Gasteiger partial charge in [-0.05, 0) is 30.7 Å². The first kappa shape index (κ1) is 15.4. The molecule has 1 saturated heterocycles. The monoisotopic (exact) mass is 329 g/mol. The molecule has 0 spiro atoms. The predicted molar refractivity (Wildman–Crippen MR) is 90.9 cm³/mol. The fourth-order valence-corrected chi connectivity index (χ4v) is 2.61. The van der Waals surface area contributed by atoms with Crippen LogP contribution in [0.2, 0.25) is 5.02 Å². The number of hydrogen-bond acceptors (Lipinski definition) is 2. The van der Waals surface area contributed by atoms with Gasteiger partial charge in [0.25, 0.3) is 5.91 Å². The lowest BCUT2D eigenvalue weighted by Gasteiger charge is -2.38. The van der Waals surface area contributed by atoms with E-state index in [1.54, 1.807) is 11.0 Å². The van der Waals surface area contributed by atoms with Gasteiger partial charge < -0.3 is 15.5 Å². The Morgan fingerprint density at radius 2 is 1.91 bits per heavy atom. The van der Waals surface area contributed by atoms with Crippen LogP contribution in [-0.2, 0) is 4.79 Å². The highest BCUT2D eigenvalue weighted by atomic mass is 35.5. The van der Waals surface area contributed by atoms with E-state index in [2.05, 4.69) is 10.6 Å². The summed E-state index contributed by atoms with van der Waals surface area (Å²) in [6.45, 7) is 2.32. The Hall–Kier alpha value is -2.53. The summed E-state index contributed by atoms with van der Waals surface area (Å²) in [4.78, 5) is 25.8. The third-order valence-electron chi connectivity index (χ3n) is 3.74. The van der Waals surface area contributed by atoms with Crippen LogP contribution in [0, 0.1) is 6.92 Å². The lowest BCUT2D eigenvalue weighted by molar-refractivity contribution is -0.124. The van der Waals surface area contributed by atoms with Gasteiger partial charge in [0.05, 0.1) is 17.3 Å². The number of aryl methyl sites for hydroxylation is 1. The molecule has 2 N–H and O–H groups in total. The predicted octanol–water partition coefficient (Wildman–Crippen LogP) is 3.19. The van der Waals surface area contributed by atoms with E-state index < -0.39 is 12.1 Å². The Labute approximate surface area is 139 Å². The van der Waals surface area contributed by atoms with Crippen molar-refractivity contribution in [1.82, 2.24) is 5.32 Å². The van der Waals surface area contributed by atoms with Crippen molar-refractivity contribution in [3.63, 3.8) is 0 Å². The number of carbonyl (C=O) groups is 2. The molecule has 3 amide bonds. The van der Waals surface area contributed by atoms with Gasteiger partial charge in [-0.15, -0.1) is 0 Å². The minimum atomic E-state index is -0.515. The molecule has 3 rings (SSSR count). The van der Waals surface area contributed by atoms with Crippen molar-refractivity contribution in [2.75, 3.05) is 16.8 Å². The second kappa shape index (κ2) is 6.30. The Morgan fingerprint density at radius 3 is 2.61 bits per heavy atom. The van der Waals surface area contributed by atoms with E-state index in [0.29, 0.717) is 17.3 Å². The van der Waals surface area contributed by atoms with Gasteiger partial charge in [0.1, 0.15) is 6.04 Å². The SMILES string of the molecule is Cc1cccc(NC(=O)NC2CN(c3ccccc3)C2=O)c1Cl. The van der Waals surface area contributed by atoms with Crippen molar-refractivity contribution < 1.29 is 9.59 Å². The quantitative estimate of drug-likeness (QED) is 0.850. The van der Waals surface area contributed by atoms with E-state index in [1.807, 2.05) is 49.4 Å². The van der Waals surface area contributed by atoms with Crippen LogP contribution in [0.1, 0.15) is 5.56 Å². The number of urea groups is 1. The highest BCUT2D eigenvalue weighted by Gasteiger charge is 2.38. The second-order valence-corrected chi connectivity index (χ2v) is 5.75. The molecular formula is C17H16ClN3O2. The normalized spacial score (nSPS) is 16.7. The maximum atomic E-state index is 12.1. The van der Waals surface area contributed by atoms with Crippen molar-refractivity contribution in [3.05, 3.63) is 59.1 Å². The second-order valence-electron chi connectivity index (χ2n) is 5.37. The van der Waals surface area contributed by atoms with E-state index in [-0.39, 0.29) is 5.91 Å². The van der Waals surface area contributed by atoms with Gasteiger partial charge >= 0.3 is 6.03 Å². The number of hydrogen-bond donors (Lipinski definition) is 2. The van der Waals surface area contributed by atoms with Gasteiger partial charge in [0.15, 0.2) is 0 Å². The number of para-hydroxylation sites is 1. The lowest BCUT2D eigenvalue weighted by Crippen LogP contribution is -2.64. The molecule has 6 heteroatoms. The molecule has 1 heterocycles. The van der Waals surface area contributed by atoms with Gasteiger partial charge in [0, 0.05) is 5.69 Å². The van der Waals surface area contributed by atoms with Gasteiger partial charge in [-0.1, -0.05) is 41.9 Å². The fourth-order valence-electron chi connectivity index (χ4n) is 2.43. The molecule has 118 valence electrons. The van der Waals surface area contributed by atoms with E-state index in [4.69, 9.17) is 11.6 Å². The number of β-lactam (4-membered cyclic amide) rings is 1. The van der Waals surface area contributed by atoms with Crippen LogP contribution in [0.25, 0.3) is 0 Å². The third-order valence-corrected chi connectivity index (χ3v) is 4.24. The van der Waals surface area contributed by atoms with Crippen LogP contribution in [0.3, 0.4) is 0 Å². The largest absolute Gasteiger partial charge is 0.324 e. The van der Waals surface area contributed by atoms with Gasteiger partial charge in [-0.3, -0.25) is 4.79 Å². The van der Waals surface area contributed by atoms with Crippen molar-refractivity contribution in [1.29, 1.82) is 0 Å². The number of carbonyl (C=O) groups excluding carboxylic acids is 2. The van der Waals surface area contributed by atoms with Crippen LogP contribution in [-0.4, -0.2) is 24.5 Å².